The molecule has 4 heteroatoms. The summed E-state index contributed by atoms with van der Waals surface area (Å²) in [5.41, 5.74) is 6.97. The summed E-state index contributed by atoms with van der Waals surface area (Å²) in [5, 5.41) is 3.40. The van der Waals surface area contributed by atoms with Gasteiger partial charge in [0.05, 0.1) is 12.7 Å². The Morgan fingerprint density at radius 2 is 1.94 bits per heavy atom. The maximum Gasteiger partial charge on any atom is 0.119 e. The van der Waals surface area contributed by atoms with E-state index in [0.717, 1.165) is 12.3 Å². The Kier molecular flexibility index (Phi) is 6.72. The molecular weight excluding hydrogens is 228 g/mol. The highest BCUT2D eigenvalue weighted by molar-refractivity contribution is 5.29. The molecule has 3 N–H and O–H groups in total. The van der Waals surface area contributed by atoms with Crippen molar-refractivity contribution in [3.8, 4) is 5.75 Å². The number of nitrogens with one attached hydrogen (secondary N) is 1. The van der Waals surface area contributed by atoms with Crippen LogP contribution in [0.2, 0.25) is 0 Å². The standard InChI is InChI=1S/C14H24N2O2/c1-4-18-13-7-5-12(6-8-13)14(9-15)16-10-11(2)17-3/h5-8,11,14,16H,4,9-10,15H2,1-3H3. The van der Waals surface area contributed by atoms with Crippen molar-refractivity contribution < 1.29 is 9.47 Å². The van der Waals surface area contributed by atoms with Crippen LogP contribution in [0, 0.1) is 0 Å². The number of hydrogen-bond acceptors (Lipinski definition) is 4. The van der Waals surface area contributed by atoms with Gasteiger partial charge in [-0.05, 0) is 31.5 Å². The largest absolute Gasteiger partial charge is 0.494 e. The Bertz CT molecular complexity index is 327. The van der Waals surface area contributed by atoms with Gasteiger partial charge in [-0.15, -0.1) is 0 Å². The number of hydrogen-bond donors (Lipinski definition) is 2. The molecule has 1 aromatic rings. The van der Waals surface area contributed by atoms with E-state index in [1.165, 1.54) is 5.56 Å². The molecule has 2 unspecified atom stereocenters. The van der Waals surface area contributed by atoms with E-state index in [2.05, 4.69) is 5.32 Å². The second-order valence-electron chi connectivity index (χ2n) is 4.24. The minimum atomic E-state index is 0.151. The average molecular weight is 252 g/mol. The van der Waals surface area contributed by atoms with E-state index in [1.807, 2.05) is 38.1 Å². The van der Waals surface area contributed by atoms with Crippen LogP contribution >= 0.6 is 0 Å². The molecule has 0 heterocycles. The van der Waals surface area contributed by atoms with E-state index in [9.17, 15) is 0 Å². The van der Waals surface area contributed by atoms with Crippen molar-refractivity contribution in [3.05, 3.63) is 29.8 Å². The molecule has 18 heavy (non-hydrogen) atoms. The van der Waals surface area contributed by atoms with Gasteiger partial charge in [-0.3, -0.25) is 0 Å². The highest BCUT2D eigenvalue weighted by Crippen LogP contribution is 2.17. The Morgan fingerprint density at radius 1 is 1.28 bits per heavy atom. The van der Waals surface area contributed by atoms with Crippen molar-refractivity contribution in [1.29, 1.82) is 0 Å². The van der Waals surface area contributed by atoms with Gasteiger partial charge in [-0.2, -0.15) is 0 Å². The average Bonchev–Trinajstić information content (AvgIpc) is 2.41. The minimum absolute atomic E-state index is 0.151. The number of methoxy groups -OCH3 is 1. The van der Waals surface area contributed by atoms with Crippen LogP contribution in [0.25, 0.3) is 0 Å². The minimum Gasteiger partial charge on any atom is -0.494 e. The van der Waals surface area contributed by atoms with Crippen LogP contribution in [0.15, 0.2) is 24.3 Å². The van der Waals surface area contributed by atoms with Gasteiger partial charge in [0.2, 0.25) is 0 Å². The third kappa shape index (κ3) is 4.64. The molecule has 0 aliphatic carbocycles. The lowest BCUT2D eigenvalue weighted by Crippen LogP contribution is -2.33. The second kappa shape index (κ2) is 8.08. The van der Waals surface area contributed by atoms with Gasteiger partial charge in [-0.25, -0.2) is 0 Å². The van der Waals surface area contributed by atoms with E-state index in [4.69, 9.17) is 15.2 Å². The number of nitrogens with two attached hydrogens (primary N) is 1. The first-order chi connectivity index (χ1) is 8.71. The van der Waals surface area contributed by atoms with Gasteiger partial charge < -0.3 is 20.5 Å². The molecule has 0 saturated carbocycles. The molecule has 0 amide bonds. The Morgan fingerprint density at radius 3 is 2.44 bits per heavy atom. The van der Waals surface area contributed by atoms with Gasteiger partial charge in [0.15, 0.2) is 0 Å². The molecule has 102 valence electrons. The van der Waals surface area contributed by atoms with Gasteiger partial charge in [0, 0.05) is 26.2 Å². The van der Waals surface area contributed by atoms with Gasteiger partial charge in [-0.1, -0.05) is 12.1 Å². The summed E-state index contributed by atoms with van der Waals surface area (Å²) in [6, 6.07) is 8.20. The van der Waals surface area contributed by atoms with E-state index in [0.29, 0.717) is 13.2 Å². The number of rotatable bonds is 8. The molecule has 0 saturated heterocycles. The molecular formula is C14H24N2O2. The Balaban J connectivity index is 2.58. The van der Waals surface area contributed by atoms with Gasteiger partial charge in [0.25, 0.3) is 0 Å². The number of benzene rings is 1. The topological polar surface area (TPSA) is 56.5 Å². The Labute approximate surface area is 109 Å². The fourth-order valence-corrected chi connectivity index (χ4v) is 1.69. The lowest BCUT2D eigenvalue weighted by molar-refractivity contribution is 0.114. The second-order valence-corrected chi connectivity index (χ2v) is 4.24. The summed E-state index contributed by atoms with van der Waals surface area (Å²) >= 11 is 0. The molecule has 0 bridgehead atoms. The van der Waals surface area contributed by atoms with E-state index < -0.39 is 0 Å². The summed E-state index contributed by atoms with van der Waals surface area (Å²) in [5.74, 6) is 0.891. The predicted octanol–water partition coefficient (Wildman–Crippen LogP) is 1.71. The zero-order chi connectivity index (χ0) is 13.4. The third-order valence-corrected chi connectivity index (χ3v) is 2.88. The first-order valence-electron chi connectivity index (χ1n) is 6.40. The zero-order valence-electron chi connectivity index (χ0n) is 11.5. The van der Waals surface area contributed by atoms with Crippen molar-refractivity contribution in [2.75, 3.05) is 26.8 Å². The van der Waals surface area contributed by atoms with Crippen LogP contribution in [0.3, 0.4) is 0 Å². The number of ether oxygens (including phenoxy) is 2. The summed E-state index contributed by atoms with van der Waals surface area (Å²) in [7, 11) is 1.71. The van der Waals surface area contributed by atoms with Crippen LogP contribution < -0.4 is 15.8 Å². The Hall–Kier alpha value is -1.10. The van der Waals surface area contributed by atoms with Gasteiger partial charge in [0.1, 0.15) is 5.75 Å². The van der Waals surface area contributed by atoms with Crippen molar-refractivity contribution in [2.45, 2.75) is 26.0 Å². The lowest BCUT2D eigenvalue weighted by Gasteiger charge is -2.20. The quantitative estimate of drug-likeness (QED) is 0.739. The highest BCUT2D eigenvalue weighted by Gasteiger charge is 2.10. The summed E-state index contributed by atoms with van der Waals surface area (Å²) in [6.45, 7) is 6.03. The molecule has 0 radical (unpaired) electrons. The predicted molar refractivity (Wildman–Crippen MR) is 73.9 cm³/mol. The molecule has 1 rings (SSSR count). The van der Waals surface area contributed by atoms with Crippen LogP contribution in [0.5, 0.6) is 5.75 Å². The van der Waals surface area contributed by atoms with Crippen LogP contribution in [0.1, 0.15) is 25.5 Å². The van der Waals surface area contributed by atoms with Crippen LogP contribution in [-0.4, -0.2) is 32.9 Å². The zero-order valence-corrected chi connectivity index (χ0v) is 11.5. The molecule has 0 aliphatic rings. The molecule has 1 aromatic carbocycles. The maximum absolute atomic E-state index is 5.79. The summed E-state index contributed by atoms with van der Waals surface area (Å²) in [4.78, 5) is 0. The lowest BCUT2D eigenvalue weighted by atomic mass is 10.1. The summed E-state index contributed by atoms with van der Waals surface area (Å²) < 4.78 is 10.6. The van der Waals surface area contributed by atoms with E-state index >= 15 is 0 Å². The molecule has 4 nitrogen and oxygen atoms in total. The van der Waals surface area contributed by atoms with Crippen molar-refractivity contribution in [2.24, 2.45) is 5.73 Å². The fraction of sp³-hybridized carbons (Fsp3) is 0.571. The summed E-state index contributed by atoms with van der Waals surface area (Å²) in [6.07, 6.45) is 0.182. The van der Waals surface area contributed by atoms with Crippen LogP contribution in [0.4, 0.5) is 0 Å². The van der Waals surface area contributed by atoms with Crippen molar-refractivity contribution in [1.82, 2.24) is 5.32 Å². The highest BCUT2D eigenvalue weighted by atomic mass is 16.5. The van der Waals surface area contributed by atoms with E-state index in [1.54, 1.807) is 7.11 Å². The SMILES string of the molecule is CCOc1ccc(C(CN)NCC(C)OC)cc1. The van der Waals surface area contributed by atoms with Gasteiger partial charge >= 0.3 is 0 Å². The molecule has 0 spiro atoms. The monoisotopic (exact) mass is 252 g/mol. The fourth-order valence-electron chi connectivity index (χ4n) is 1.69. The van der Waals surface area contributed by atoms with Crippen molar-refractivity contribution in [3.63, 3.8) is 0 Å². The maximum atomic E-state index is 5.79. The molecule has 0 aliphatic heterocycles. The first-order valence-corrected chi connectivity index (χ1v) is 6.40. The first kappa shape index (κ1) is 15.0. The smallest absolute Gasteiger partial charge is 0.119 e. The molecule has 0 fully saturated rings. The van der Waals surface area contributed by atoms with Crippen LogP contribution in [-0.2, 0) is 4.74 Å². The third-order valence-electron chi connectivity index (χ3n) is 2.88. The molecule has 0 aromatic heterocycles. The van der Waals surface area contributed by atoms with Crippen molar-refractivity contribution >= 4 is 0 Å². The van der Waals surface area contributed by atoms with E-state index in [-0.39, 0.29) is 12.1 Å². The normalized spacial score (nSPS) is 14.2. The molecule has 2 atom stereocenters.